The number of carbonyl (C=O) groups is 1. The molecule has 0 saturated carbocycles. The predicted molar refractivity (Wildman–Crippen MR) is 125 cm³/mol. The molecule has 0 fully saturated rings. The van der Waals surface area contributed by atoms with Gasteiger partial charge in [-0.3, -0.25) is 4.79 Å². The lowest BCUT2D eigenvalue weighted by Crippen LogP contribution is -2.12. The molecule has 162 valence electrons. The predicted octanol–water partition coefficient (Wildman–Crippen LogP) is 4.66. The third-order valence-corrected chi connectivity index (χ3v) is 5.01. The molecule has 4 aromatic rings. The zero-order valence-corrected chi connectivity index (χ0v) is 18.4. The molecule has 0 bridgehead atoms. The van der Waals surface area contributed by atoms with Gasteiger partial charge in [0.15, 0.2) is 11.5 Å². The largest absolute Gasteiger partial charge is 0.493 e. The van der Waals surface area contributed by atoms with E-state index in [2.05, 4.69) is 25.6 Å². The minimum Gasteiger partial charge on any atom is -0.493 e. The smallest absolute Gasteiger partial charge is 0.255 e. The summed E-state index contributed by atoms with van der Waals surface area (Å²) in [6.07, 6.45) is 1.49. The zero-order valence-electron chi connectivity index (χ0n) is 17.6. The summed E-state index contributed by atoms with van der Waals surface area (Å²) < 4.78 is 10.9. The second-order valence-corrected chi connectivity index (χ2v) is 7.16. The highest BCUT2D eigenvalue weighted by molar-refractivity contribution is 6.29. The molecule has 0 atom stereocenters. The van der Waals surface area contributed by atoms with E-state index < -0.39 is 0 Å². The Balaban J connectivity index is 1.78. The van der Waals surface area contributed by atoms with E-state index in [1.165, 1.54) is 12.3 Å². The highest BCUT2D eigenvalue weighted by atomic mass is 35.5. The van der Waals surface area contributed by atoms with Crippen LogP contribution in [0.4, 0.5) is 11.6 Å². The number of ether oxygens (including phenoxy) is 2. The van der Waals surface area contributed by atoms with Gasteiger partial charge in [-0.1, -0.05) is 23.7 Å². The maximum atomic E-state index is 12.6. The Kier molecular flexibility index (Phi) is 6.04. The molecule has 0 saturated heterocycles. The number of nitrogens with zero attached hydrogens (tertiary/aromatic N) is 3. The summed E-state index contributed by atoms with van der Waals surface area (Å²) in [6, 6.07) is 14.2. The molecule has 0 spiro atoms. The molecule has 9 heteroatoms. The van der Waals surface area contributed by atoms with Crippen LogP contribution in [-0.2, 0) is 0 Å². The molecule has 8 nitrogen and oxygen atoms in total. The van der Waals surface area contributed by atoms with Gasteiger partial charge >= 0.3 is 0 Å². The summed E-state index contributed by atoms with van der Waals surface area (Å²) in [5.41, 5.74) is 3.20. The first-order valence-electron chi connectivity index (χ1n) is 9.67. The summed E-state index contributed by atoms with van der Waals surface area (Å²) in [6.45, 7) is 0. The average molecular weight is 450 g/mol. The number of pyridine rings is 1. The van der Waals surface area contributed by atoms with Crippen LogP contribution in [0.1, 0.15) is 10.4 Å². The fraction of sp³-hybridized carbons (Fsp3) is 0.130. The van der Waals surface area contributed by atoms with E-state index in [-0.39, 0.29) is 11.1 Å². The van der Waals surface area contributed by atoms with Crippen molar-refractivity contribution in [1.82, 2.24) is 15.0 Å². The van der Waals surface area contributed by atoms with Crippen LogP contribution in [-0.4, -0.2) is 42.1 Å². The van der Waals surface area contributed by atoms with E-state index >= 15 is 0 Å². The van der Waals surface area contributed by atoms with E-state index in [4.69, 9.17) is 21.1 Å². The Labute approximate surface area is 189 Å². The van der Waals surface area contributed by atoms with E-state index in [9.17, 15) is 4.79 Å². The Morgan fingerprint density at radius 2 is 1.78 bits per heavy atom. The van der Waals surface area contributed by atoms with Crippen LogP contribution < -0.4 is 20.1 Å². The van der Waals surface area contributed by atoms with E-state index in [1.807, 2.05) is 24.3 Å². The SMILES string of the molecule is CNc1nc(-c2cccc(NC(=O)c3ccnc(Cl)c3)c2)c2cc(OC)c(OC)cc2n1. The lowest BCUT2D eigenvalue weighted by Gasteiger charge is -2.13. The number of benzene rings is 2. The number of halogens is 1. The molecular weight excluding hydrogens is 430 g/mol. The lowest BCUT2D eigenvalue weighted by molar-refractivity contribution is 0.102. The number of rotatable bonds is 6. The molecule has 2 N–H and O–H groups in total. The third kappa shape index (κ3) is 4.26. The van der Waals surface area contributed by atoms with E-state index in [1.54, 1.807) is 39.5 Å². The summed E-state index contributed by atoms with van der Waals surface area (Å²) >= 11 is 5.90. The number of methoxy groups -OCH3 is 2. The Hall–Kier alpha value is -3.91. The maximum absolute atomic E-state index is 12.6. The van der Waals surface area contributed by atoms with Gasteiger partial charge in [0.2, 0.25) is 5.95 Å². The molecule has 0 unspecified atom stereocenters. The van der Waals surface area contributed by atoms with Crippen LogP contribution in [0.15, 0.2) is 54.7 Å². The molecule has 32 heavy (non-hydrogen) atoms. The molecular formula is C23H20ClN5O3. The fourth-order valence-corrected chi connectivity index (χ4v) is 3.45. The van der Waals surface area contributed by atoms with Gasteiger partial charge in [-0.25, -0.2) is 15.0 Å². The first kappa shape index (κ1) is 21.3. The summed E-state index contributed by atoms with van der Waals surface area (Å²) in [4.78, 5) is 25.7. The molecule has 2 aromatic carbocycles. The van der Waals surface area contributed by atoms with Gasteiger partial charge in [0.05, 0.1) is 25.4 Å². The first-order chi connectivity index (χ1) is 15.5. The zero-order chi connectivity index (χ0) is 22.7. The van der Waals surface area contributed by atoms with Crippen LogP contribution >= 0.6 is 11.6 Å². The van der Waals surface area contributed by atoms with Gasteiger partial charge in [0.1, 0.15) is 5.15 Å². The van der Waals surface area contributed by atoms with E-state index in [0.717, 1.165) is 10.9 Å². The molecule has 2 aromatic heterocycles. The van der Waals surface area contributed by atoms with Crippen molar-refractivity contribution in [1.29, 1.82) is 0 Å². The summed E-state index contributed by atoms with van der Waals surface area (Å²) in [5.74, 6) is 1.31. The number of carbonyl (C=O) groups excluding carboxylic acids is 1. The van der Waals surface area contributed by atoms with Crippen LogP contribution in [0.25, 0.3) is 22.2 Å². The third-order valence-electron chi connectivity index (χ3n) is 4.81. The minimum absolute atomic E-state index is 0.253. The van der Waals surface area contributed by atoms with Gasteiger partial charge < -0.3 is 20.1 Å². The Morgan fingerprint density at radius 3 is 2.50 bits per heavy atom. The number of hydrogen-bond donors (Lipinski definition) is 2. The molecule has 0 aliphatic heterocycles. The maximum Gasteiger partial charge on any atom is 0.255 e. The second kappa shape index (κ2) is 9.07. The minimum atomic E-state index is -0.290. The van der Waals surface area contributed by atoms with E-state index in [0.29, 0.717) is 39.9 Å². The number of nitrogens with one attached hydrogen (secondary N) is 2. The van der Waals surface area contributed by atoms with Crippen molar-refractivity contribution >= 4 is 40.0 Å². The molecule has 2 heterocycles. The van der Waals surface area contributed by atoms with Gasteiger partial charge in [-0.15, -0.1) is 0 Å². The first-order valence-corrected chi connectivity index (χ1v) is 10.0. The summed E-state index contributed by atoms with van der Waals surface area (Å²) in [7, 11) is 4.91. The topological polar surface area (TPSA) is 98.3 Å². The van der Waals surface area contributed by atoms with Crippen molar-refractivity contribution in [3.63, 3.8) is 0 Å². The van der Waals surface area contributed by atoms with Crippen LogP contribution in [0.3, 0.4) is 0 Å². The van der Waals surface area contributed by atoms with Crippen molar-refractivity contribution in [2.45, 2.75) is 0 Å². The van der Waals surface area contributed by atoms with Gasteiger partial charge in [-0.2, -0.15) is 0 Å². The molecule has 4 rings (SSSR count). The molecule has 1 amide bonds. The lowest BCUT2D eigenvalue weighted by atomic mass is 10.0. The monoisotopic (exact) mass is 449 g/mol. The van der Waals surface area contributed by atoms with Crippen molar-refractivity contribution in [3.8, 4) is 22.8 Å². The van der Waals surface area contributed by atoms with Crippen molar-refractivity contribution in [3.05, 3.63) is 65.4 Å². The molecule has 0 radical (unpaired) electrons. The summed E-state index contributed by atoms with van der Waals surface area (Å²) in [5, 5.41) is 6.91. The van der Waals surface area contributed by atoms with Crippen molar-refractivity contribution < 1.29 is 14.3 Å². The highest BCUT2D eigenvalue weighted by Crippen LogP contribution is 2.36. The van der Waals surface area contributed by atoms with Gasteiger partial charge in [0.25, 0.3) is 5.91 Å². The van der Waals surface area contributed by atoms with Crippen LogP contribution in [0, 0.1) is 0 Å². The molecule has 0 aliphatic rings. The number of hydrogen-bond acceptors (Lipinski definition) is 7. The second-order valence-electron chi connectivity index (χ2n) is 6.77. The number of aromatic nitrogens is 3. The van der Waals surface area contributed by atoms with Gasteiger partial charge in [-0.05, 0) is 30.3 Å². The Bertz CT molecular complexity index is 1310. The van der Waals surface area contributed by atoms with Crippen molar-refractivity contribution in [2.75, 3.05) is 31.9 Å². The fourth-order valence-electron chi connectivity index (χ4n) is 3.28. The normalized spacial score (nSPS) is 10.6. The number of fused-ring (bicyclic) bond motifs is 1. The quantitative estimate of drug-likeness (QED) is 0.413. The van der Waals surface area contributed by atoms with Crippen molar-refractivity contribution in [2.24, 2.45) is 0 Å². The Morgan fingerprint density at radius 1 is 1.00 bits per heavy atom. The highest BCUT2D eigenvalue weighted by Gasteiger charge is 2.15. The van der Waals surface area contributed by atoms with Gasteiger partial charge in [0, 0.05) is 41.5 Å². The van der Waals surface area contributed by atoms with Crippen LogP contribution in [0.5, 0.6) is 11.5 Å². The number of amides is 1. The average Bonchev–Trinajstić information content (AvgIpc) is 2.82. The number of anilines is 2. The standard InChI is InChI=1S/C23H20ClN5O3/c1-25-23-28-17-12-19(32-3)18(31-2)11-16(17)21(29-23)13-5-4-6-15(9-13)27-22(30)14-7-8-26-20(24)10-14/h4-12H,1-3H3,(H,27,30)(H,25,28,29). The van der Waals surface area contributed by atoms with Crippen LogP contribution in [0.2, 0.25) is 5.15 Å². The molecule has 0 aliphatic carbocycles.